The van der Waals surface area contributed by atoms with Gasteiger partial charge >= 0.3 is 0 Å². The summed E-state index contributed by atoms with van der Waals surface area (Å²) in [5, 5.41) is 8.01. The van der Waals surface area contributed by atoms with Crippen LogP contribution in [0.1, 0.15) is 6.92 Å². The first-order valence-electron chi connectivity index (χ1n) is 9.94. The zero-order chi connectivity index (χ0) is 24.7. The van der Waals surface area contributed by atoms with Gasteiger partial charge in [-0.1, -0.05) is 6.07 Å². The van der Waals surface area contributed by atoms with Crippen molar-refractivity contribution in [2.75, 3.05) is 30.9 Å². The predicted molar refractivity (Wildman–Crippen MR) is 122 cm³/mol. The molecule has 34 heavy (non-hydrogen) atoms. The van der Waals surface area contributed by atoms with Crippen LogP contribution >= 0.6 is 0 Å². The second kappa shape index (κ2) is 10.8. The fourth-order valence-electron chi connectivity index (χ4n) is 2.73. The average molecular weight is 492 g/mol. The first-order chi connectivity index (χ1) is 16.2. The molecule has 3 aromatic rings. The minimum absolute atomic E-state index is 0.0355. The molecule has 0 aliphatic heterocycles. The Kier molecular flexibility index (Phi) is 7.81. The third-order valence-corrected chi connectivity index (χ3v) is 5.14. The minimum Gasteiger partial charge on any atom is -0.492 e. The largest absolute Gasteiger partial charge is 0.492 e. The van der Waals surface area contributed by atoms with Gasteiger partial charge < -0.3 is 25.4 Å². The van der Waals surface area contributed by atoms with Crippen LogP contribution < -0.4 is 25.4 Å². The molecule has 1 aromatic heterocycles. The van der Waals surface area contributed by atoms with E-state index in [2.05, 4.69) is 25.9 Å². The molecule has 0 atom stereocenters. The quantitative estimate of drug-likeness (QED) is 0.312. The van der Waals surface area contributed by atoms with Gasteiger partial charge in [0.1, 0.15) is 16.4 Å². The number of carbonyl (C=O) groups excluding carboxylic acids is 1. The molecular weight excluding hydrogens is 469 g/mol. The normalized spacial score (nSPS) is 10.9. The van der Waals surface area contributed by atoms with Crippen LogP contribution in [-0.2, 0) is 14.9 Å². The topological polar surface area (TPSA) is 152 Å². The highest BCUT2D eigenvalue weighted by atomic mass is 32.2. The molecule has 3 rings (SSSR count). The third kappa shape index (κ3) is 6.52. The Morgan fingerprint density at radius 1 is 1.12 bits per heavy atom. The predicted octanol–water partition coefficient (Wildman–Crippen LogP) is 2.87. The number of hydrogen-bond donors (Lipinski definition) is 4. The van der Waals surface area contributed by atoms with Crippen molar-refractivity contribution in [3.8, 4) is 11.5 Å². The van der Waals surface area contributed by atoms with Crippen molar-refractivity contribution >= 4 is 39.2 Å². The minimum atomic E-state index is -4.59. The van der Waals surface area contributed by atoms with Gasteiger partial charge in [0, 0.05) is 24.5 Å². The van der Waals surface area contributed by atoms with E-state index in [1.165, 1.54) is 19.2 Å². The van der Waals surface area contributed by atoms with Gasteiger partial charge in [-0.05, 0) is 37.3 Å². The Bertz CT molecular complexity index is 1290. The third-order valence-electron chi connectivity index (χ3n) is 4.27. The maximum Gasteiger partial charge on any atom is 0.298 e. The summed E-state index contributed by atoms with van der Waals surface area (Å²) in [6.45, 7) is 1.69. The van der Waals surface area contributed by atoms with Crippen LogP contribution in [0, 0.1) is 5.82 Å². The molecule has 0 saturated carbocycles. The SMILES string of the molecule is CCOc1ccc(Nc2nc(Nc3cccc(OCC(=O)NC)c3)ncc2F)cc1S(=O)(=O)O. The van der Waals surface area contributed by atoms with Crippen molar-refractivity contribution < 1.29 is 31.6 Å². The Labute approximate surface area is 195 Å². The lowest BCUT2D eigenvalue weighted by Crippen LogP contribution is -2.24. The van der Waals surface area contributed by atoms with E-state index in [9.17, 15) is 22.2 Å². The Morgan fingerprint density at radius 3 is 2.59 bits per heavy atom. The molecule has 0 bridgehead atoms. The van der Waals surface area contributed by atoms with E-state index in [0.29, 0.717) is 11.4 Å². The van der Waals surface area contributed by atoms with Crippen LogP contribution in [0.3, 0.4) is 0 Å². The molecule has 2 aromatic carbocycles. The van der Waals surface area contributed by atoms with Gasteiger partial charge in [0.05, 0.1) is 12.8 Å². The highest BCUT2D eigenvalue weighted by Gasteiger charge is 2.18. The summed E-state index contributed by atoms with van der Waals surface area (Å²) in [5.41, 5.74) is 0.658. The summed E-state index contributed by atoms with van der Waals surface area (Å²) < 4.78 is 57.8. The molecule has 0 saturated heterocycles. The van der Waals surface area contributed by atoms with Crippen molar-refractivity contribution in [3.05, 3.63) is 54.5 Å². The number of nitrogens with zero attached hydrogens (tertiary/aromatic N) is 2. The summed E-state index contributed by atoms with van der Waals surface area (Å²) in [4.78, 5) is 18.8. The molecule has 0 spiro atoms. The molecule has 13 heteroatoms. The van der Waals surface area contributed by atoms with Gasteiger partial charge in [-0.3, -0.25) is 9.35 Å². The molecule has 180 valence electrons. The second-order valence-corrected chi connectivity index (χ2v) is 8.09. The van der Waals surface area contributed by atoms with E-state index >= 15 is 0 Å². The fraction of sp³-hybridized carbons (Fsp3) is 0.190. The molecule has 0 radical (unpaired) electrons. The van der Waals surface area contributed by atoms with Crippen LogP contribution in [-0.4, -0.2) is 49.1 Å². The Morgan fingerprint density at radius 2 is 1.88 bits per heavy atom. The summed E-state index contributed by atoms with van der Waals surface area (Å²) >= 11 is 0. The van der Waals surface area contributed by atoms with Crippen molar-refractivity contribution in [2.24, 2.45) is 0 Å². The molecular formula is C21H22FN5O6S. The molecule has 4 N–H and O–H groups in total. The van der Waals surface area contributed by atoms with Gasteiger partial charge in [0.15, 0.2) is 18.2 Å². The maximum absolute atomic E-state index is 14.3. The van der Waals surface area contributed by atoms with Gasteiger partial charge in [0.25, 0.3) is 16.0 Å². The zero-order valence-corrected chi connectivity index (χ0v) is 19.0. The number of amides is 1. The number of benzene rings is 2. The van der Waals surface area contributed by atoms with E-state index in [0.717, 1.165) is 12.3 Å². The van der Waals surface area contributed by atoms with E-state index in [1.807, 2.05) is 0 Å². The second-order valence-electron chi connectivity index (χ2n) is 6.70. The van der Waals surface area contributed by atoms with Crippen molar-refractivity contribution in [1.29, 1.82) is 0 Å². The van der Waals surface area contributed by atoms with Crippen molar-refractivity contribution in [1.82, 2.24) is 15.3 Å². The van der Waals surface area contributed by atoms with Gasteiger partial charge in [-0.25, -0.2) is 9.37 Å². The summed E-state index contributed by atoms with van der Waals surface area (Å²) in [5.74, 6) is -0.915. The molecule has 0 unspecified atom stereocenters. The number of ether oxygens (including phenoxy) is 2. The number of aromatic nitrogens is 2. The van der Waals surface area contributed by atoms with Crippen molar-refractivity contribution in [2.45, 2.75) is 11.8 Å². The number of nitrogens with one attached hydrogen (secondary N) is 3. The van der Waals surface area contributed by atoms with E-state index in [1.54, 1.807) is 31.2 Å². The first kappa shape index (κ1) is 24.7. The smallest absolute Gasteiger partial charge is 0.298 e. The van der Waals surface area contributed by atoms with Crippen LogP contribution in [0.25, 0.3) is 0 Å². The number of halogens is 1. The average Bonchev–Trinajstić information content (AvgIpc) is 2.80. The van der Waals surface area contributed by atoms with Gasteiger partial charge in [-0.2, -0.15) is 13.4 Å². The fourth-order valence-corrected chi connectivity index (χ4v) is 3.38. The van der Waals surface area contributed by atoms with Crippen LogP contribution in [0.5, 0.6) is 11.5 Å². The lowest BCUT2D eigenvalue weighted by molar-refractivity contribution is -0.122. The van der Waals surface area contributed by atoms with Crippen LogP contribution in [0.15, 0.2) is 53.6 Å². The Balaban J connectivity index is 1.81. The number of anilines is 4. The summed E-state index contributed by atoms with van der Waals surface area (Å²) in [7, 11) is -3.09. The molecule has 0 aliphatic rings. The van der Waals surface area contributed by atoms with E-state index in [-0.39, 0.29) is 42.3 Å². The molecule has 1 amide bonds. The molecule has 11 nitrogen and oxygen atoms in total. The molecule has 0 aliphatic carbocycles. The lowest BCUT2D eigenvalue weighted by Gasteiger charge is -2.13. The number of rotatable bonds is 10. The number of likely N-dealkylation sites (N-methyl/N-ethyl adjacent to an activating group) is 1. The standard InChI is InChI=1S/C21H22FN5O6S/c1-3-32-17-8-7-14(10-18(17)34(29,30)31)25-20-16(22)11-24-21(27-20)26-13-5-4-6-15(9-13)33-12-19(28)23-2/h4-11H,3,12H2,1-2H3,(H,23,28)(H,29,30,31)(H2,24,25,26,27). The highest BCUT2D eigenvalue weighted by molar-refractivity contribution is 7.86. The van der Waals surface area contributed by atoms with Crippen LogP contribution in [0.4, 0.5) is 27.5 Å². The van der Waals surface area contributed by atoms with Crippen molar-refractivity contribution in [3.63, 3.8) is 0 Å². The van der Waals surface area contributed by atoms with E-state index in [4.69, 9.17) is 9.47 Å². The van der Waals surface area contributed by atoms with Crippen LogP contribution in [0.2, 0.25) is 0 Å². The monoisotopic (exact) mass is 491 g/mol. The highest BCUT2D eigenvalue weighted by Crippen LogP contribution is 2.29. The maximum atomic E-state index is 14.3. The first-order valence-corrected chi connectivity index (χ1v) is 11.4. The Hall–Kier alpha value is -3.97. The number of hydrogen-bond acceptors (Lipinski definition) is 9. The molecule has 0 fully saturated rings. The number of carbonyl (C=O) groups is 1. The summed E-state index contributed by atoms with van der Waals surface area (Å²) in [6.07, 6.45) is 0.932. The van der Waals surface area contributed by atoms with E-state index < -0.39 is 20.8 Å². The van der Waals surface area contributed by atoms with Gasteiger partial charge in [-0.15, -0.1) is 0 Å². The van der Waals surface area contributed by atoms with Gasteiger partial charge in [0.2, 0.25) is 5.95 Å². The summed E-state index contributed by atoms with van der Waals surface area (Å²) in [6, 6.07) is 10.5. The molecule has 1 heterocycles. The lowest BCUT2D eigenvalue weighted by atomic mass is 10.3. The zero-order valence-electron chi connectivity index (χ0n) is 18.2.